The highest BCUT2D eigenvalue weighted by molar-refractivity contribution is 5.48. The molecule has 2 aromatic rings. The zero-order valence-electron chi connectivity index (χ0n) is 13.2. The van der Waals surface area contributed by atoms with Crippen molar-refractivity contribution in [1.82, 2.24) is 4.90 Å². The van der Waals surface area contributed by atoms with E-state index in [0.717, 1.165) is 12.8 Å². The van der Waals surface area contributed by atoms with Gasteiger partial charge in [-0.1, -0.05) is 72.8 Å². The molecule has 1 fully saturated rings. The van der Waals surface area contributed by atoms with Gasteiger partial charge in [0.05, 0.1) is 0 Å². The summed E-state index contributed by atoms with van der Waals surface area (Å²) in [6.07, 6.45) is 9.60. The molecule has 1 aliphatic rings. The maximum Gasteiger partial charge on any atom is 0.0170 e. The molecule has 114 valence electrons. The molecule has 0 aromatic heterocycles. The molecule has 1 aliphatic heterocycles. The zero-order chi connectivity index (χ0) is 15.0. The standard InChI is InChI=1S/C21H25N/c1-3-10-19(11-4-1)14-9-15-21(22-16-7-8-17-22)18-20-12-5-2-6-13-20/h1-6,9-14,21H,7-8,15-18H2/b14-9+. The summed E-state index contributed by atoms with van der Waals surface area (Å²) in [7, 11) is 0. The first kappa shape index (κ1) is 15.1. The van der Waals surface area contributed by atoms with Crippen molar-refractivity contribution in [2.75, 3.05) is 13.1 Å². The summed E-state index contributed by atoms with van der Waals surface area (Å²) in [4.78, 5) is 2.67. The molecule has 1 atom stereocenters. The number of rotatable bonds is 6. The second-order valence-electron chi connectivity index (χ2n) is 6.14. The number of likely N-dealkylation sites (tertiary alicyclic amines) is 1. The van der Waals surface area contributed by atoms with Crippen molar-refractivity contribution in [1.29, 1.82) is 0 Å². The molecule has 1 nitrogen and oxygen atoms in total. The van der Waals surface area contributed by atoms with Crippen molar-refractivity contribution < 1.29 is 0 Å². The van der Waals surface area contributed by atoms with Gasteiger partial charge in [0, 0.05) is 6.04 Å². The number of benzene rings is 2. The Morgan fingerprint density at radius 1 is 0.864 bits per heavy atom. The van der Waals surface area contributed by atoms with E-state index in [1.54, 1.807) is 0 Å². The van der Waals surface area contributed by atoms with Gasteiger partial charge in [0.25, 0.3) is 0 Å². The summed E-state index contributed by atoms with van der Waals surface area (Å²) in [6.45, 7) is 2.52. The first-order valence-corrected chi connectivity index (χ1v) is 8.41. The summed E-state index contributed by atoms with van der Waals surface area (Å²) in [5, 5.41) is 0. The van der Waals surface area contributed by atoms with Crippen LogP contribution in [-0.4, -0.2) is 24.0 Å². The summed E-state index contributed by atoms with van der Waals surface area (Å²) in [5.74, 6) is 0. The van der Waals surface area contributed by atoms with Crippen LogP contribution in [0.2, 0.25) is 0 Å². The Bertz CT molecular complexity index is 567. The molecule has 0 N–H and O–H groups in total. The van der Waals surface area contributed by atoms with E-state index in [9.17, 15) is 0 Å². The molecule has 0 bridgehead atoms. The fraction of sp³-hybridized carbons (Fsp3) is 0.333. The smallest absolute Gasteiger partial charge is 0.0170 e. The molecule has 22 heavy (non-hydrogen) atoms. The molecule has 3 rings (SSSR count). The maximum atomic E-state index is 2.67. The van der Waals surface area contributed by atoms with Crippen LogP contribution in [0, 0.1) is 0 Å². The molecule has 0 saturated carbocycles. The topological polar surface area (TPSA) is 3.24 Å². The lowest BCUT2D eigenvalue weighted by Crippen LogP contribution is -2.34. The van der Waals surface area contributed by atoms with E-state index in [1.807, 2.05) is 0 Å². The Labute approximate surface area is 134 Å². The third-order valence-corrected chi connectivity index (χ3v) is 4.49. The van der Waals surface area contributed by atoms with Gasteiger partial charge in [-0.2, -0.15) is 0 Å². The minimum absolute atomic E-state index is 0.630. The van der Waals surface area contributed by atoms with Crippen molar-refractivity contribution in [3.05, 3.63) is 77.9 Å². The number of hydrogen-bond acceptors (Lipinski definition) is 1. The molecule has 0 amide bonds. The lowest BCUT2D eigenvalue weighted by Gasteiger charge is -2.26. The van der Waals surface area contributed by atoms with Crippen LogP contribution in [0.3, 0.4) is 0 Å². The lowest BCUT2D eigenvalue weighted by molar-refractivity contribution is 0.242. The molecule has 1 unspecified atom stereocenters. The monoisotopic (exact) mass is 291 g/mol. The van der Waals surface area contributed by atoms with E-state index in [1.165, 1.54) is 37.1 Å². The van der Waals surface area contributed by atoms with Gasteiger partial charge in [-0.3, -0.25) is 4.90 Å². The van der Waals surface area contributed by atoms with Gasteiger partial charge < -0.3 is 0 Å². The van der Waals surface area contributed by atoms with Gasteiger partial charge in [-0.15, -0.1) is 0 Å². The van der Waals surface area contributed by atoms with Crippen LogP contribution in [0.15, 0.2) is 66.7 Å². The molecule has 1 heterocycles. The van der Waals surface area contributed by atoms with Crippen LogP contribution in [0.4, 0.5) is 0 Å². The SMILES string of the molecule is C(=C\c1ccccc1)/CC(Cc1ccccc1)N1CCCC1. The van der Waals surface area contributed by atoms with Gasteiger partial charge in [0.1, 0.15) is 0 Å². The van der Waals surface area contributed by atoms with Crippen LogP contribution < -0.4 is 0 Å². The largest absolute Gasteiger partial charge is 0.300 e. The van der Waals surface area contributed by atoms with Crippen molar-refractivity contribution in [2.24, 2.45) is 0 Å². The Balaban J connectivity index is 1.64. The van der Waals surface area contributed by atoms with Crippen LogP contribution in [0.25, 0.3) is 6.08 Å². The summed E-state index contributed by atoms with van der Waals surface area (Å²) in [6, 6.07) is 22.1. The fourth-order valence-electron chi connectivity index (χ4n) is 3.28. The van der Waals surface area contributed by atoms with Crippen LogP contribution in [0.5, 0.6) is 0 Å². The number of hydrogen-bond donors (Lipinski definition) is 0. The van der Waals surface area contributed by atoms with Crippen LogP contribution >= 0.6 is 0 Å². The van der Waals surface area contributed by atoms with E-state index in [0.29, 0.717) is 6.04 Å². The van der Waals surface area contributed by atoms with Crippen molar-refractivity contribution >= 4 is 6.08 Å². The van der Waals surface area contributed by atoms with E-state index in [-0.39, 0.29) is 0 Å². The highest BCUT2D eigenvalue weighted by Gasteiger charge is 2.20. The Hall–Kier alpha value is -1.86. The van der Waals surface area contributed by atoms with E-state index in [4.69, 9.17) is 0 Å². The molecule has 0 aliphatic carbocycles. The molecule has 2 aromatic carbocycles. The summed E-state index contributed by atoms with van der Waals surface area (Å²) < 4.78 is 0. The van der Waals surface area contributed by atoms with E-state index < -0.39 is 0 Å². The van der Waals surface area contributed by atoms with Crippen molar-refractivity contribution in [3.63, 3.8) is 0 Å². The predicted octanol–water partition coefficient (Wildman–Crippen LogP) is 4.80. The third kappa shape index (κ3) is 4.32. The predicted molar refractivity (Wildman–Crippen MR) is 94.8 cm³/mol. The number of nitrogens with zero attached hydrogens (tertiary/aromatic N) is 1. The quantitative estimate of drug-likeness (QED) is 0.739. The maximum absolute atomic E-state index is 2.67. The molecular weight excluding hydrogens is 266 g/mol. The summed E-state index contributed by atoms with van der Waals surface area (Å²) in [5.41, 5.74) is 2.75. The molecule has 1 heteroatoms. The fourth-order valence-corrected chi connectivity index (χ4v) is 3.28. The zero-order valence-corrected chi connectivity index (χ0v) is 13.2. The average Bonchev–Trinajstić information content (AvgIpc) is 3.10. The lowest BCUT2D eigenvalue weighted by atomic mass is 10.0. The second kappa shape index (κ2) is 7.95. The van der Waals surface area contributed by atoms with E-state index in [2.05, 4.69) is 77.7 Å². The average molecular weight is 291 g/mol. The minimum Gasteiger partial charge on any atom is -0.300 e. The summed E-state index contributed by atoms with van der Waals surface area (Å²) >= 11 is 0. The first-order valence-electron chi connectivity index (χ1n) is 8.41. The highest BCUT2D eigenvalue weighted by Crippen LogP contribution is 2.19. The normalized spacial score (nSPS) is 17.1. The van der Waals surface area contributed by atoms with E-state index >= 15 is 0 Å². The highest BCUT2D eigenvalue weighted by atomic mass is 15.2. The van der Waals surface area contributed by atoms with Gasteiger partial charge in [-0.25, -0.2) is 0 Å². The second-order valence-corrected chi connectivity index (χ2v) is 6.14. The van der Waals surface area contributed by atoms with Gasteiger partial charge >= 0.3 is 0 Å². The van der Waals surface area contributed by atoms with Gasteiger partial charge in [0.2, 0.25) is 0 Å². The van der Waals surface area contributed by atoms with Crippen molar-refractivity contribution in [2.45, 2.75) is 31.7 Å². The van der Waals surface area contributed by atoms with Crippen LogP contribution in [0.1, 0.15) is 30.4 Å². The van der Waals surface area contributed by atoms with Crippen molar-refractivity contribution in [3.8, 4) is 0 Å². The molecular formula is C21H25N. The van der Waals surface area contributed by atoms with Gasteiger partial charge in [-0.05, 0) is 49.9 Å². The van der Waals surface area contributed by atoms with Gasteiger partial charge in [0.15, 0.2) is 0 Å². The minimum atomic E-state index is 0.630. The third-order valence-electron chi connectivity index (χ3n) is 4.49. The first-order chi connectivity index (χ1) is 10.9. The Morgan fingerprint density at radius 3 is 2.18 bits per heavy atom. The Kier molecular flexibility index (Phi) is 5.44. The molecule has 0 spiro atoms. The molecule has 1 saturated heterocycles. The Morgan fingerprint density at radius 2 is 1.50 bits per heavy atom. The molecule has 0 radical (unpaired) electrons. The van der Waals surface area contributed by atoms with Crippen LogP contribution in [-0.2, 0) is 6.42 Å².